The van der Waals surface area contributed by atoms with Crippen molar-refractivity contribution in [1.82, 2.24) is 24.5 Å². The average molecular weight is 511 g/mol. The first kappa shape index (κ1) is 25.4. The van der Waals surface area contributed by atoms with E-state index < -0.39 is 0 Å². The van der Waals surface area contributed by atoms with Crippen LogP contribution in [0.3, 0.4) is 0 Å². The number of halogens is 1. The van der Waals surface area contributed by atoms with Gasteiger partial charge in [0.25, 0.3) is 0 Å². The van der Waals surface area contributed by atoms with Gasteiger partial charge in [-0.3, -0.25) is 0 Å². The molecule has 1 saturated carbocycles. The zero-order valence-electron chi connectivity index (χ0n) is 21.4. The Morgan fingerprint density at radius 2 is 1.83 bits per heavy atom. The van der Waals surface area contributed by atoms with Crippen molar-refractivity contribution in [2.24, 2.45) is 5.92 Å². The second kappa shape index (κ2) is 12.3. The van der Waals surface area contributed by atoms with Crippen LogP contribution in [0.2, 0.25) is 5.28 Å². The maximum Gasteiger partial charge on any atom is 0.226 e. The van der Waals surface area contributed by atoms with Gasteiger partial charge in [-0.05, 0) is 55.2 Å². The Balaban J connectivity index is 1.21. The molecule has 1 N–H and O–H groups in total. The van der Waals surface area contributed by atoms with Crippen LogP contribution in [0.4, 0.5) is 5.82 Å². The topological polar surface area (TPSA) is 68.1 Å². The summed E-state index contributed by atoms with van der Waals surface area (Å²) in [6.45, 7) is 4.83. The first-order valence-corrected chi connectivity index (χ1v) is 14.2. The monoisotopic (exact) mass is 510 g/mol. The number of unbranched alkanes of at least 4 members (excludes halogenated alkanes) is 2. The van der Waals surface area contributed by atoms with Crippen LogP contribution in [0.1, 0.15) is 82.7 Å². The molecule has 1 aliphatic carbocycles. The van der Waals surface area contributed by atoms with Crippen molar-refractivity contribution in [3.8, 4) is 0 Å². The van der Waals surface area contributed by atoms with Gasteiger partial charge in [-0.2, -0.15) is 9.97 Å². The number of nitrogens with zero attached hydrogens (tertiary/aromatic N) is 5. The van der Waals surface area contributed by atoms with E-state index in [1.807, 2.05) is 6.33 Å². The molecule has 2 aliphatic rings. The molecule has 1 aromatic carbocycles. The van der Waals surface area contributed by atoms with Crippen molar-refractivity contribution in [3.05, 3.63) is 47.5 Å². The molecule has 7 nitrogen and oxygen atoms in total. The van der Waals surface area contributed by atoms with Gasteiger partial charge in [0, 0.05) is 19.1 Å². The number of nitrogens with one attached hydrogen (secondary N) is 1. The minimum absolute atomic E-state index is 0.268. The summed E-state index contributed by atoms with van der Waals surface area (Å²) >= 11 is 6.35. The Labute approximate surface area is 219 Å². The van der Waals surface area contributed by atoms with E-state index in [9.17, 15) is 0 Å². The highest BCUT2D eigenvalue weighted by Crippen LogP contribution is 2.33. The highest BCUT2D eigenvalue weighted by molar-refractivity contribution is 6.28. The molecule has 0 bridgehead atoms. The smallest absolute Gasteiger partial charge is 0.226 e. The minimum atomic E-state index is 0.268. The lowest BCUT2D eigenvalue weighted by Crippen LogP contribution is -2.41. The largest absolute Gasteiger partial charge is 0.373 e. The molecular formula is C28H39ClN6O. The highest BCUT2D eigenvalue weighted by Gasteiger charge is 2.28. The van der Waals surface area contributed by atoms with Crippen LogP contribution in [-0.2, 0) is 11.3 Å². The lowest BCUT2D eigenvalue weighted by molar-refractivity contribution is -0.0231. The molecule has 0 spiro atoms. The summed E-state index contributed by atoms with van der Waals surface area (Å²) < 4.78 is 8.70. The lowest BCUT2D eigenvalue weighted by Gasteiger charge is -2.36. The number of fused-ring (bicyclic) bond motifs is 1. The van der Waals surface area contributed by atoms with Crippen LogP contribution in [0.25, 0.3) is 11.2 Å². The Hall–Kier alpha value is -2.22. The van der Waals surface area contributed by atoms with E-state index in [0.717, 1.165) is 43.5 Å². The second-order valence-electron chi connectivity index (χ2n) is 10.4. The Bertz CT molecular complexity index is 1090. The zero-order valence-corrected chi connectivity index (χ0v) is 22.2. The van der Waals surface area contributed by atoms with Crippen LogP contribution in [0.5, 0.6) is 0 Å². The maximum absolute atomic E-state index is 6.50. The van der Waals surface area contributed by atoms with E-state index in [-0.39, 0.29) is 5.28 Å². The first-order valence-electron chi connectivity index (χ1n) is 13.8. The third-order valence-electron chi connectivity index (χ3n) is 7.84. The number of aromatic nitrogens is 4. The molecule has 3 aromatic rings. The number of rotatable bonds is 11. The molecule has 36 heavy (non-hydrogen) atoms. The summed E-state index contributed by atoms with van der Waals surface area (Å²) in [4.78, 5) is 13.7. The van der Waals surface area contributed by atoms with Crippen molar-refractivity contribution in [1.29, 1.82) is 0 Å². The van der Waals surface area contributed by atoms with Crippen molar-refractivity contribution in [3.63, 3.8) is 0 Å². The van der Waals surface area contributed by atoms with E-state index in [1.54, 1.807) is 0 Å². The molecule has 1 unspecified atom stereocenters. The molecule has 3 heterocycles. The van der Waals surface area contributed by atoms with Crippen LogP contribution in [-0.4, -0.2) is 43.7 Å². The fourth-order valence-corrected chi connectivity index (χ4v) is 5.94. The molecule has 0 radical (unpaired) electrons. The first-order chi connectivity index (χ1) is 17.7. The summed E-state index contributed by atoms with van der Waals surface area (Å²) in [6, 6.07) is 11.0. The van der Waals surface area contributed by atoms with Gasteiger partial charge in [0.15, 0.2) is 17.0 Å². The minimum Gasteiger partial charge on any atom is -0.373 e. The number of ether oxygens (including phenoxy) is 1. The summed E-state index contributed by atoms with van der Waals surface area (Å²) in [7, 11) is 0. The van der Waals surface area contributed by atoms with Gasteiger partial charge in [-0.1, -0.05) is 69.4 Å². The highest BCUT2D eigenvalue weighted by atomic mass is 35.5. The van der Waals surface area contributed by atoms with Crippen molar-refractivity contribution < 1.29 is 4.74 Å². The number of hydrazine groups is 1. The summed E-state index contributed by atoms with van der Waals surface area (Å²) in [6.07, 6.45) is 14.2. The summed E-state index contributed by atoms with van der Waals surface area (Å²) in [5, 5.41) is 2.52. The molecular weight excluding hydrogens is 472 g/mol. The van der Waals surface area contributed by atoms with Crippen molar-refractivity contribution in [2.75, 3.05) is 18.5 Å². The molecule has 194 valence electrons. The number of anilines is 1. The van der Waals surface area contributed by atoms with E-state index in [1.165, 1.54) is 50.5 Å². The normalized spacial score (nSPS) is 18.7. The lowest BCUT2D eigenvalue weighted by atomic mass is 9.88. The van der Waals surface area contributed by atoms with Gasteiger partial charge in [0.05, 0.1) is 19.0 Å². The van der Waals surface area contributed by atoms with Gasteiger partial charge < -0.3 is 14.7 Å². The zero-order chi connectivity index (χ0) is 24.7. The van der Waals surface area contributed by atoms with Crippen molar-refractivity contribution >= 4 is 28.6 Å². The fourth-order valence-electron chi connectivity index (χ4n) is 5.78. The maximum atomic E-state index is 6.50. The Kier molecular flexibility index (Phi) is 8.72. The molecule has 0 amide bonds. The molecule has 1 saturated heterocycles. The van der Waals surface area contributed by atoms with E-state index in [2.05, 4.69) is 67.2 Å². The summed E-state index contributed by atoms with van der Waals surface area (Å²) in [5.74, 6) is 1.28. The third kappa shape index (κ3) is 6.18. The van der Waals surface area contributed by atoms with E-state index in [0.29, 0.717) is 30.5 Å². The third-order valence-corrected chi connectivity index (χ3v) is 8.01. The number of imidazole rings is 1. The van der Waals surface area contributed by atoms with Gasteiger partial charge in [-0.25, -0.2) is 9.99 Å². The van der Waals surface area contributed by atoms with Gasteiger partial charge in [0.1, 0.15) is 0 Å². The Morgan fingerprint density at radius 1 is 1.06 bits per heavy atom. The SMILES string of the molecule is CCCCCC(OCc1ccccc1)C1CCN(Nc2nc(Cl)nc3c2ncn3C2CCCC2)CC1. The predicted octanol–water partition coefficient (Wildman–Crippen LogP) is 6.80. The van der Waals surface area contributed by atoms with E-state index in [4.69, 9.17) is 16.3 Å². The molecule has 8 heteroatoms. The number of piperidine rings is 1. The van der Waals surface area contributed by atoms with Crippen LogP contribution in [0, 0.1) is 5.92 Å². The standard InChI is InChI=1S/C28H39ClN6O/c1-2-3-5-14-24(36-19-21-10-6-4-7-11-21)22-15-17-34(18-16-22)33-26-25-27(32-28(29)31-26)35(20-30-25)23-12-8-9-13-23/h4,6-7,10-11,20,22-24H,2-3,5,8-9,12-19H2,1H3,(H,31,32,33). The Morgan fingerprint density at radius 3 is 2.58 bits per heavy atom. The number of hydrogen-bond donors (Lipinski definition) is 1. The quantitative estimate of drug-likeness (QED) is 0.226. The fraction of sp³-hybridized carbons (Fsp3) is 0.607. The molecule has 2 fully saturated rings. The molecule has 2 aromatic heterocycles. The van der Waals surface area contributed by atoms with Gasteiger partial charge in [0.2, 0.25) is 5.28 Å². The summed E-state index contributed by atoms with van der Waals surface area (Å²) in [5.41, 5.74) is 6.41. The molecule has 5 rings (SSSR count). The average Bonchev–Trinajstić information content (AvgIpc) is 3.57. The number of benzene rings is 1. The van der Waals surface area contributed by atoms with Crippen LogP contribution in [0.15, 0.2) is 36.7 Å². The van der Waals surface area contributed by atoms with Crippen LogP contribution >= 0.6 is 11.6 Å². The van der Waals surface area contributed by atoms with Crippen molar-refractivity contribution in [2.45, 2.75) is 89.9 Å². The molecule has 1 aliphatic heterocycles. The predicted molar refractivity (Wildman–Crippen MR) is 145 cm³/mol. The van der Waals surface area contributed by atoms with Crippen LogP contribution < -0.4 is 5.43 Å². The van der Waals surface area contributed by atoms with E-state index >= 15 is 0 Å². The number of hydrogen-bond acceptors (Lipinski definition) is 6. The van der Waals surface area contributed by atoms with Gasteiger partial charge in [-0.15, -0.1) is 0 Å². The van der Waals surface area contributed by atoms with Gasteiger partial charge >= 0.3 is 0 Å². The molecule has 1 atom stereocenters. The second-order valence-corrected chi connectivity index (χ2v) is 10.7.